The number of halogens is 1. The van der Waals surface area contributed by atoms with Crippen LogP contribution in [-0.2, 0) is 29.4 Å². The zero-order chi connectivity index (χ0) is 19.3. The molecule has 4 aromatic rings. The molecule has 1 N–H and O–H groups in total. The summed E-state index contributed by atoms with van der Waals surface area (Å²) in [5.74, 6) is 1.05. The highest BCUT2D eigenvalue weighted by molar-refractivity contribution is 7.84. The molecule has 142 valence electrons. The molecule has 0 fully saturated rings. The van der Waals surface area contributed by atoms with Crippen LogP contribution in [0.4, 0.5) is 4.39 Å². The van der Waals surface area contributed by atoms with Crippen LogP contribution in [0, 0.1) is 5.82 Å². The van der Waals surface area contributed by atoms with Crippen LogP contribution in [0.1, 0.15) is 22.5 Å². The summed E-state index contributed by atoms with van der Waals surface area (Å²) in [6, 6.07) is 13.2. The van der Waals surface area contributed by atoms with Crippen LogP contribution >= 0.6 is 0 Å². The number of hydrogen-bond acceptors (Lipinski definition) is 3. The Morgan fingerprint density at radius 3 is 2.93 bits per heavy atom. The van der Waals surface area contributed by atoms with Gasteiger partial charge in [0.05, 0.1) is 24.1 Å². The van der Waals surface area contributed by atoms with E-state index in [0.717, 1.165) is 44.3 Å². The Hall–Kier alpha value is -2.73. The van der Waals surface area contributed by atoms with Crippen molar-refractivity contribution in [2.24, 2.45) is 0 Å². The summed E-state index contributed by atoms with van der Waals surface area (Å²) in [7, 11) is 0.606. The number of hydrogen-bond donors (Lipinski definition) is 1. The lowest BCUT2D eigenvalue weighted by Crippen LogP contribution is -2.16. The average molecular weight is 394 g/mol. The van der Waals surface area contributed by atoms with Gasteiger partial charge in [-0.25, -0.2) is 4.39 Å². The number of pyridine rings is 1. The van der Waals surface area contributed by atoms with Crippen molar-refractivity contribution in [3.63, 3.8) is 0 Å². The van der Waals surface area contributed by atoms with Crippen LogP contribution in [0.2, 0.25) is 0 Å². The second kappa shape index (κ2) is 6.71. The van der Waals surface area contributed by atoms with E-state index in [1.54, 1.807) is 6.07 Å². The maximum atomic E-state index is 14.2. The lowest BCUT2D eigenvalue weighted by molar-refractivity contribution is 0.386. The number of fused-ring (bicyclic) bond motifs is 5. The fourth-order valence-corrected chi connectivity index (χ4v) is 5.25. The minimum absolute atomic E-state index is 0.236. The number of nitrogens with one attached hydrogen (secondary N) is 1. The number of aryl methyl sites for hydroxylation is 1. The maximum Gasteiger partial charge on any atom is 0.165 e. The molecule has 4 nitrogen and oxygen atoms in total. The molecule has 5 rings (SSSR count). The van der Waals surface area contributed by atoms with Gasteiger partial charge in [0.1, 0.15) is 0 Å². The molecule has 1 aliphatic rings. The monoisotopic (exact) mass is 394 g/mol. The first kappa shape index (κ1) is 17.4. The molecular formula is C22H19FN2O2S. The van der Waals surface area contributed by atoms with Gasteiger partial charge in [-0.15, -0.1) is 0 Å². The predicted molar refractivity (Wildman–Crippen MR) is 110 cm³/mol. The molecule has 1 atom stereocenters. The molecule has 0 aliphatic carbocycles. The van der Waals surface area contributed by atoms with Crippen molar-refractivity contribution in [3.05, 3.63) is 70.8 Å². The molecule has 2 aromatic carbocycles. The van der Waals surface area contributed by atoms with Gasteiger partial charge >= 0.3 is 0 Å². The Morgan fingerprint density at radius 1 is 1.25 bits per heavy atom. The van der Waals surface area contributed by atoms with Crippen molar-refractivity contribution in [3.8, 4) is 5.75 Å². The molecule has 0 spiro atoms. The van der Waals surface area contributed by atoms with E-state index in [2.05, 4.69) is 11.1 Å². The Kier molecular flexibility index (Phi) is 4.16. The lowest BCUT2D eigenvalue weighted by Gasteiger charge is -2.18. The minimum Gasteiger partial charge on any atom is -0.494 e. The number of aromatic amines is 1. The van der Waals surface area contributed by atoms with E-state index in [1.165, 1.54) is 13.2 Å². The molecule has 28 heavy (non-hydrogen) atoms. The van der Waals surface area contributed by atoms with Crippen LogP contribution in [-0.4, -0.2) is 27.0 Å². The van der Waals surface area contributed by atoms with Gasteiger partial charge in [-0.1, -0.05) is 24.3 Å². The van der Waals surface area contributed by atoms with Crippen LogP contribution in [0.15, 0.2) is 42.5 Å². The molecule has 0 radical (unpaired) electrons. The maximum absolute atomic E-state index is 14.2. The lowest BCUT2D eigenvalue weighted by atomic mass is 10.0. The first-order chi connectivity index (χ1) is 13.6. The number of H-pyrrole nitrogens is 1. The zero-order valence-corrected chi connectivity index (χ0v) is 16.2. The summed E-state index contributed by atoms with van der Waals surface area (Å²) < 4.78 is 31.4. The first-order valence-corrected chi connectivity index (χ1v) is 10.7. The van der Waals surface area contributed by atoms with Gasteiger partial charge in [0.15, 0.2) is 11.6 Å². The highest BCUT2D eigenvalue weighted by Crippen LogP contribution is 2.35. The molecular weight excluding hydrogens is 375 g/mol. The van der Waals surface area contributed by atoms with Gasteiger partial charge in [0, 0.05) is 51.4 Å². The third-order valence-electron chi connectivity index (χ3n) is 5.37. The molecule has 3 heterocycles. The topological polar surface area (TPSA) is 55.0 Å². The summed E-state index contributed by atoms with van der Waals surface area (Å²) in [6.07, 6.45) is 1.22. The Morgan fingerprint density at radius 2 is 2.11 bits per heavy atom. The van der Waals surface area contributed by atoms with E-state index >= 15 is 0 Å². The van der Waals surface area contributed by atoms with Crippen molar-refractivity contribution in [2.75, 3.05) is 12.9 Å². The van der Waals surface area contributed by atoms with E-state index in [9.17, 15) is 8.60 Å². The van der Waals surface area contributed by atoms with E-state index in [-0.39, 0.29) is 11.6 Å². The van der Waals surface area contributed by atoms with Crippen LogP contribution < -0.4 is 4.74 Å². The minimum atomic E-state index is -0.853. The van der Waals surface area contributed by atoms with Crippen LogP contribution in [0.25, 0.3) is 21.8 Å². The quantitative estimate of drug-likeness (QED) is 0.565. The van der Waals surface area contributed by atoms with Crippen molar-refractivity contribution in [1.82, 2.24) is 9.97 Å². The summed E-state index contributed by atoms with van der Waals surface area (Å²) in [5.41, 5.74) is 5.82. The summed E-state index contributed by atoms with van der Waals surface area (Å²) in [5, 5.41) is 2.23. The predicted octanol–water partition coefficient (Wildman–Crippen LogP) is 4.26. The molecule has 0 bridgehead atoms. The molecule has 6 heteroatoms. The van der Waals surface area contributed by atoms with Gasteiger partial charge < -0.3 is 9.72 Å². The standard InChI is InChI=1S/C22H19FN2O2S/c1-27-20-7-6-13(10-16(20)23)11-19-22-21(14-4-2-3-5-17(14)25-22)15-12-28(26)9-8-18(15)24-19/h2-7,10,25H,8-9,11-12H2,1H3. The number of methoxy groups -OCH3 is 1. The molecule has 0 saturated heterocycles. The van der Waals surface area contributed by atoms with Gasteiger partial charge in [-0.3, -0.25) is 9.19 Å². The Balaban J connectivity index is 1.72. The summed E-state index contributed by atoms with van der Waals surface area (Å²) in [6.45, 7) is 0. The molecule has 1 aliphatic heterocycles. The number of benzene rings is 2. The normalized spacial score (nSPS) is 16.4. The summed E-state index contributed by atoms with van der Waals surface area (Å²) >= 11 is 0. The highest BCUT2D eigenvalue weighted by atomic mass is 32.2. The van der Waals surface area contributed by atoms with Crippen molar-refractivity contribution >= 4 is 32.6 Å². The van der Waals surface area contributed by atoms with E-state index in [0.29, 0.717) is 24.3 Å². The number of nitrogens with zero attached hydrogens (tertiary/aromatic N) is 1. The van der Waals surface area contributed by atoms with Crippen molar-refractivity contribution in [2.45, 2.75) is 18.6 Å². The van der Waals surface area contributed by atoms with E-state index in [4.69, 9.17) is 9.72 Å². The number of para-hydroxylation sites is 1. The third-order valence-corrected chi connectivity index (χ3v) is 6.64. The van der Waals surface area contributed by atoms with Gasteiger partial charge in [-0.05, 0) is 29.3 Å². The fraction of sp³-hybridized carbons (Fsp3) is 0.227. The second-order valence-corrected chi connectivity index (χ2v) is 8.66. The van der Waals surface area contributed by atoms with Gasteiger partial charge in [0.2, 0.25) is 0 Å². The first-order valence-electron chi connectivity index (χ1n) is 9.22. The largest absolute Gasteiger partial charge is 0.494 e. The smallest absolute Gasteiger partial charge is 0.165 e. The van der Waals surface area contributed by atoms with Gasteiger partial charge in [-0.2, -0.15) is 0 Å². The van der Waals surface area contributed by atoms with Crippen molar-refractivity contribution in [1.29, 1.82) is 0 Å². The van der Waals surface area contributed by atoms with Crippen molar-refractivity contribution < 1.29 is 13.3 Å². The Bertz CT molecular complexity index is 1250. The second-order valence-electron chi connectivity index (χ2n) is 7.09. The van der Waals surface area contributed by atoms with E-state index in [1.807, 2.05) is 24.3 Å². The SMILES string of the molecule is COc1ccc(Cc2nc3c(c4c2[nH]c2ccccc24)CS(=O)CC3)cc1F. The zero-order valence-electron chi connectivity index (χ0n) is 15.4. The van der Waals surface area contributed by atoms with Crippen LogP contribution in [0.5, 0.6) is 5.75 Å². The Labute approximate surface area is 164 Å². The summed E-state index contributed by atoms with van der Waals surface area (Å²) in [4.78, 5) is 8.41. The molecule has 0 saturated carbocycles. The average Bonchev–Trinajstić information content (AvgIpc) is 3.09. The molecule has 1 unspecified atom stereocenters. The third kappa shape index (κ3) is 2.79. The number of rotatable bonds is 3. The van der Waals surface area contributed by atoms with Crippen LogP contribution in [0.3, 0.4) is 0 Å². The van der Waals surface area contributed by atoms with Gasteiger partial charge in [0.25, 0.3) is 0 Å². The van der Waals surface area contributed by atoms with E-state index < -0.39 is 10.8 Å². The fourth-order valence-electron chi connectivity index (χ4n) is 4.05. The number of aromatic nitrogens is 2. The highest BCUT2D eigenvalue weighted by Gasteiger charge is 2.23. The molecule has 0 amide bonds. The molecule has 2 aromatic heterocycles. The number of ether oxygens (including phenoxy) is 1.